The van der Waals surface area contributed by atoms with Crippen molar-refractivity contribution < 1.29 is 14.3 Å². The number of hydrazone groups is 1. The van der Waals surface area contributed by atoms with Crippen molar-refractivity contribution >= 4 is 28.1 Å². The quantitative estimate of drug-likeness (QED) is 0.296. The molecule has 1 N–H and O–H groups in total. The molecule has 0 heterocycles. The van der Waals surface area contributed by atoms with Crippen molar-refractivity contribution in [2.45, 2.75) is 39.0 Å². The van der Waals surface area contributed by atoms with E-state index in [1.807, 2.05) is 42.5 Å². The van der Waals surface area contributed by atoms with Crippen LogP contribution in [0.5, 0.6) is 11.5 Å². The summed E-state index contributed by atoms with van der Waals surface area (Å²) < 4.78 is 12.1. The van der Waals surface area contributed by atoms with Crippen LogP contribution in [0.15, 0.2) is 52.0 Å². The predicted molar refractivity (Wildman–Crippen MR) is 116 cm³/mol. The third-order valence-electron chi connectivity index (χ3n) is 4.11. The molecule has 0 saturated heterocycles. The molecule has 0 fully saturated rings. The number of carbonyl (C=O) groups is 1. The molecule has 0 bridgehead atoms. The molecule has 5 nitrogen and oxygen atoms in total. The minimum Gasteiger partial charge on any atom is -0.493 e. The van der Waals surface area contributed by atoms with Gasteiger partial charge in [0, 0.05) is 0 Å². The molecule has 0 atom stereocenters. The van der Waals surface area contributed by atoms with Gasteiger partial charge in [0.05, 0.1) is 30.8 Å². The number of carbonyl (C=O) groups excluding carboxylic acids is 1. The number of benzene rings is 2. The van der Waals surface area contributed by atoms with Gasteiger partial charge >= 0.3 is 0 Å². The van der Waals surface area contributed by atoms with Crippen LogP contribution in [0.3, 0.4) is 0 Å². The smallest absolute Gasteiger partial charge is 0.244 e. The van der Waals surface area contributed by atoms with E-state index in [1.165, 1.54) is 12.8 Å². The third kappa shape index (κ3) is 7.35. The summed E-state index contributed by atoms with van der Waals surface area (Å²) in [6, 6.07) is 13.3. The lowest BCUT2D eigenvalue weighted by Crippen LogP contribution is -2.19. The summed E-state index contributed by atoms with van der Waals surface area (Å²) in [5.74, 6) is 1.15. The molecule has 2 aromatic rings. The van der Waals surface area contributed by atoms with E-state index in [0.717, 1.165) is 28.4 Å². The Morgan fingerprint density at radius 3 is 2.68 bits per heavy atom. The first-order chi connectivity index (χ1) is 13.6. The molecular formula is C22H27BrN2O3. The molecule has 150 valence electrons. The van der Waals surface area contributed by atoms with Crippen LogP contribution in [0, 0.1) is 0 Å². The number of ether oxygens (including phenoxy) is 2. The molecule has 0 saturated carbocycles. The van der Waals surface area contributed by atoms with Crippen LogP contribution in [0.2, 0.25) is 0 Å². The van der Waals surface area contributed by atoms with Crippen molar-refractivity contribution in [3.8, 4) is 11.5 Å². The van der Waals surface area contributed by atoms with Gasteiger partial charge in [0.2, 0.25) is 5.91 Å². The largest absolute Gasteiger partial charge is 0.493 e. The molecule has 2 aromatic carbocycles. The highest BCUT2D eigenvalue weighted by Crippen LogP contribution is 2.36. The number of hydrogen-bond acceptors (Lipinski definition) is 4. The monoisotopic (exact) mass is 446 g/mol. The van der Waals surface area contributed by atoms with E-state index < -0.39 is 0 Å². The van der Waals surface area contributed by atoms with E-state index >= 15 is 0 Å². The Labute approximate surface area is 175 Å². The van der Waals surface area contributed by atoms with E-state index in [4.69, 9.17) is 9.47 Å². The molecule has 0 aliphatic carbocycles. The number of rotatable bonds is 11. The van der Waals surface area contributed by atoms with Crippen molar-refractivity contribution in [1.29, 1.82) is 0 Å². The molecular weight excluding hydrogens is 420 g/mol. The zero-order valence-electron chi connectivity index (χ0n) is 16.4. The van der Waals surface area contributed by atoms with Gasteiger partial charge in [-0.15, -0.1) is 0 Å². The van der Waals surface area contributed by atoms with Crippen LogP contribution < -0.4 is 14.9 Å². The molecule has 6 heteroatoms. The first-order valence-electron chi connectivity index (χ1n) is 9.50. The zero-order chi connectivity index (χ0) is 20.2. The lowest BCUT2D eigenvalue weighted by molar-refractivity contribution is -0.120. The third-order valence-corrected chi connectivity index (χ3v) is 4.70. The maximum atomic E-state index is 12.0. The second kappa shape index (κ2) is 12.2. The van der Waals surface area contributed by atoms with Gasteiger partial charge in [-0.05, 0) is 45.6 Å². The Hall–Kier alpha value is -2.34. The van der Waals surface area contributed by atoms with Crippen LogP contribution >= 0.6 is 15.9 Å². The van der Waals surface area contributed by atoms with Crippen LogP contribution in [-0.4, -0.2) is 25.8 Å². The fourth-order valence-corrected chi connectivity index (χ4v) is 3.23. The van der Waals surface area contributed by atoms with Crippen molar-refractivity contribution in [2.75, 3.05) is 13.7 Å². The first-order valence-corrected chi connectivity index (χ1v) is 10.3. The summed E-state index contributed by atoms with van der Waals surface area (Å²) in [7, 11) is 1.61. The highest BCUT2D eigenvalue weighted by atomic mass is 79.9. The average molecular weight is 447 g/mol. The fourth-order valence-electron chi connectivity index (χ4n) is 2.66. The van der Waals surface area contributed by atoms with Gasteiger partial charge < -0.3 is 9.47 Å². The molecule has 0 radical (unpaired) electrons. The Morgan fingerprint density at radius 2 is 1.96 bits per heavy atom. The van der Waals surface area contributed by atoms with E-state index in [9.17, 15) is 4.79 Å². The van der Waals surface area contributed by atoms with E-state index in [1.54, 1.807) is 13.3 Å². The fraction of sp³-hybridized carbons (Fsp3) is 0.364. The predicted octanol–water partition coefficient (Wildman–Crippen LogP) is 5.11. The molecule has 0 aromatic heterocycles. The SMILES string of the molecule is CCCCCCOc1c(Br)cc(C=NNC(=O)Cc2ccccc2)cc1OC. The molecule has 0 spiro atoms. The number of hydrogen-bond donors (Lipinski definition) is 1. The Bertz CT molecular complexity index is 779. The van der Waals surface area contributed by atoms with Gasteiger partial charge in [0.1, 0.15) is 0 Å². The van der Waals surface area contributed by atoms with Crippen molar-refractivity contribution in [2.24, 2.45) is 5.10 Å². The van der Waals surface area contributed by atoms with Gasteiger partial charge in [0.25, 0.3) is 0 Å². The Kier molecular flexibility index (Phi) is 9.55. The Morgan fingerprint density at radius 1 is 1.18 bits per heavy atom. The first kappa shape index (κ1) is 22.0. The lowest BCUT2D eigenvalue weighted by atomic mass is 10.1. The summed E-state index contributed by atoms with van der Waals surface area (Å²) in [6.07, 6.45) is 6.46. The van der Waals surface area contributed by atoms with Crippen LogP contribution in [-0.2, 0) is 11.2 Å². The molecule has 2 rings (SSSR count). The molecule has 1 amide bonds. The minimum atomic E-state index is -0.166. The van der Waals surface area contributed by atoms with Crippen molar-refractivity contribution in [3.63, 3.8) is 0 Å². The van der Waals surface area contributed by atoms with Crippen LogP contribution in [0.1, 0.15) is 43.7 Å². The summed E-state index contributed by atoms with van der Waals surface area (Å²) in [4.78, 5) is 12.0. The average Bonchev–Trinajstić information content (AvgIpc) is 2.69. The number of amides is 1. The standard InChI is InChI=1S/C22H27BrN2O3/c1-3-4-5-9-12-28-22-19(23)13-18(14-20(22)27-2)16-24-25-21(26)15-17-10-7-6-8-11-17/h6-8,10-11,13-14,16H,3-5,9,12,15H2,1-2H3,(H,25,26). The minimum absolute atomic E-state index is 0.166. The second-order valence-corrected chi connectivity index (χ2v) is 7.25. The highest BCUT2D eigenvalue weighted by molar-refractivity contribution is 9.10. The summed E-state index contributed by atoms with van der Waals surface area (Å²) >= 11 is 3.53. The molecule has 0 aliphatic heterocycles. The van der Waals surface area contributed by atoms with Gasteiger partial charge in [0.15, 0.2) is 11.5 Å². The number of methoxy groups -OCH3 is 1. The molecule has 28 heavy (non-hydrogen) atoms. The van der Waals surface area contributed by atoms with Gasteiger partial charge in [-0.1, -0.05) is 56.5 Å². The van der Waals surface area contributed by atoms with E-state index in [2.05, 4.69) is 33.4 Å². The molecule has 0 aliphatic rings. The summed E-state index contributed by atoms with van der Waals surface area (Å²) in [6.45, 7) is 2.84. The maximum absolute atomic E-state index is 12.0. The number of halogens is 1. The van der Waals surface area contributed by atoms with Crippen LogP contribution in [0.4, 0.5) is 0 Å². The van der Waals surface area contributed by atoms with Crippen molar-refractivity contribution in [1.82, 2.24) is 5.43 Å². The van der Waals surface area contributed by atoms with Gasteiger partial charge in [-0.3, -0.25) is 4.79 Å². The van der Waals surface area contributed by atoms with Gasteiger partial charge in [-0.25, -0.2) is 5.43 Å². The number of nitrogens with one attached hydrogen (secondary N) is 1. The maximum Gasteiger partial charge on any atom is 0.244 e. The van der Waals surface area contributed by atoms with Gasteiger partial charge in [-0.2, -0.15) is 5.10 Å². The van der Waals surface area contributed by atoms with Crippen LogP contribution in [0.25, 0.3) is 0 Å². The van der Waals surface area contributed by atoms with Crippen molar-refractivity contribution in [3.05, 3.63) is 58.1 Å². The van der Waals surface area contributed by atoms with E-state index in [-0.39, 0.29) is 12.3 Å². The molecule has 0 unspecified atom stereocenters. The second-order valence-electron chi connectivity index (χ2n) is 6.40. The lowest BCUT2D eigenvalue weighted by Gasteiger charge is -2.13. The topological polar surface area (TPSA) is 59.9 Å². The highest BCUT2D eigenvalue weighted by Gasteiger charge is 2.11. The summed E-state index contributed by atoms with van der Waals surface area (Å²) in [5, 5.41) is 4.04. The zero-order valence-corrected chi connectivity index (χ0v) is 18.0. The number of unbranched alkanes of at least 4 members (excludes halogenated alkanes) is 3. The summed E-state index contributed by atoms with van der Waals surface area (Å²) in [5.41, 5.74) is 4.29. The Balaban J connectivity index is 1.93. The van der Waals surface area contributed by atoms with E-state index in [0.29, 0.717) is 18.1 Å². The normalized spacial score (nSPS) is 10.8. The number of nitrogens with zero attached hydrogens (tertiary/aromatic N) is 1.